The van der Waals surface area contributed by atoms with Crippen LogP contribution < -0.4 is 10.7 Å². The van der Waals surface area contributed by atoms with Crippen LogP contribution >= 0.6 is 0 Å². The summed E-state index contributed by atoms with van der Waals surface area (Å²) in [7, 11) is 0. The molecule has 8 nitrogen and oxygen atoms in total. The maximum absolute atomic E-state index is 12.4. The molecule has 0 unspecified atom stereocenters. The Bertz CT molecular complexity index is 1030. The van der Waals surface area contributed by atoms with Gasteiger partial charge in [-0.15, -0.1) is 0 Å². The number of carbonyl (C=O) groups excluding carboxylic acids is 4. The number of nitrogens with zero attached hydrogens (tertiary/aromatic N) is 1. The van der Waals surface area contributed by atoms with E-state index in [0.717, 1.165) is 21.7 Å². The van der Waals surface area contributed by atoms with Crippen LogP contribution in [-0.2, 0) is 19.1 Å². The number of nitrogens with one attached hydrogen (secondary N) is 2. The highest BCUT2D eigenvalue weighted by atomic mass is 16.5. The average molecular weight is 423 g/mol. The van der Waals surface area contributed by atoms with Crippen molar-refractivity contribution in [2.75, 3.05) is 18.5 Å². The Hall–Kier alpha value is -3.68. The molecule has 3 rings (SSSR count). The minimum atomic E-state index is -0.751. The molecule has 0 aromatic heterocycles. The predicted octanol–water partition coefficient (Wildman–Crippen LogP) is 2.29. The van der Waals surface area contributed by atoms with E-state index < -0.39 is 30.3 Å². The lowest BCUT2D eigenvalue weighted by Gasteiger charge is -2.18. The van der Waals surface area contributed by atoms with Crippen LogP contribution in [0.3, 0.4) is 0 Å². The summed E-state index contributed by atoms with van der Waals surface area (Å²) in [6.45, 7) is 5.24. The summed E-state index contributed by atoms with van der Waals surface area (Å²) in [4.78, 5) is 49.0. The van der Waals surface area contributed by atoms with Crippen LogP contribution in [0.15, 0.2) is 42.5 Å². The zero-order chi connectivity index (χ0) is 22.5. The molecular weight excluding hydrogens is 398 g/mol. The minimum absolute atomic E-state index is 0.00589. The Morgan fingerprint density at radius 1 is 1.03 bits per heavy atom. The first-order valence-electron chi connectivity index (χ1n) is 9.95. The number of amides is 3. The van der Waals surface area contributed by atoms with E-state index in [-0.39, 0.29) is 18.9 Å². The molecule has 1 fully saturated rings. The van der Waals surface area contributed by atoms with Gasteiger partial charge in [-0.05, 0) is 55.7 Å². The number of ether oxygens (including phenoxy) is 1. The molecule has 1 atom stereocenters. The summed E-state index contributed by atoms with van der Waals surface area (Å²) >= 11 is 0. The molecule has 2 N–H and O–H groups in total. The maximum Gasteiger partial charge on any atom is 0.311 e. The van der Waals surface area contributed by atoms with Gasteiger partial charge in [0.1, 0.15) is 0 Å². The minimum Gasteiger partial charge on any atom is -0.455 e. The lowest BCUT2D eigenvalue weighted by atomic mass is 10.1. The first-order chi connectivity index (χ1) is 14.7. The van der Waals surface area contributed by atoms with Crippen molar-refractivity contribution in [3.05, 3.63) is 64.7 Å². The van der Waals surface area contributed by atoms with E-state index in [1.165, 1.54) is 0 Å². The van der Waals surface area contributed by atoms with Crippen molar-refractivity contribution in [2.24, 2.45) is 5.92 Å². The summed E-state index contributed by atoms with van der Waals surface area (Å²) < 4.78 is 5.08. The van der Waals surface area contributed by atoms with Crippen molar-refractivity contribution < 1.29 is 23.9 Å². The van der Waals surface area contributed by atoms with Gasteiger partial charge in [-0.2, -0.15) is 0 Å². The first-order valence-corrected chi connectivity index (χ1v) is 9.95. The van der Waals surface area contributed by atoms with Crippen molar-refractivity contribution in [1.29, 1.82) is 0 Å². The van der Waals surface area contributed by atoms with E-state index in [9.17, 15) is 19.2 Å². The maximum atomic E-state index is 12.4. The molecule has 2 aromatic rings. The number of benzene rings is 2. The number of aryl methyl sites for hydroxylation is 3. The zero-order valence-corrected chi connectivity index (χ0v) is 17.7. The highest BCUT2D eigenvalue weighted by Crippen LogP contribution is 2.19. The fourth-order valence-electron chi connectivity index (χ4n) is 3.25. The van der Waals surface area contributed by atoms with E-state index in [2.05, 4.69) is 10.7 Å². The Balaban J connectivity index is 1.49. The SMILES string of the molecule is Cc1ccc(NC(=O)COC(=O)[C@H]2CC(=O)N(NC(=O)c3ccccc3C)C2)cc1C. The van der Waals surface area contributed by atoms with E-state index in [1.807, 2.05) is 32.0 Å². The summed E-state index contributed by atoms with van der Waals surface area (Å²) in [6.07, 6.45) is -0.0916. The third-order valence-corrected chi connectivity index (χ3v) is 5.22. The normalized spacial score (nSPS) is 15.5. The van der Waals surface area contributed by atoms with Gasteiger partial charge in [0.05, 0.1) is 12.5 Å². The highest BCUT2D eigenvalue weighted by molar-refractivity contribution is 5.98. The Labute approximate surface area is 180 Å². The van der Waals surface area contributed by atoms with Gasteiger partial charge >= 0.3 is 5.97 Å². The molecule has 0 spiro atoms. The molecule has 0 radical (unpaired) electrons. The molecule has 3 amide bonds. The molecule has 162 valence electrons. The summed E-state index contributed by atoms with van der Waals surface area (Å²) in [6, 6.07) is 12.5. The topological polar surface area (TPSA) is 105 Å². The van der Waals surface area contributed by atoms with Crippen molar-refractivity contribution in [2.45, 2.75) is 27.2 Å². The summed E-state index contributed by atoms with van der Waals surface area (Å²) in [5.74, 6) is -2.68. The van der Waals surface area contributed by atoms with Crippen molar-refractivity contribution in [1.82, 2.24) is 10.4 Å². The molecular formula is C23H25N3O5. The van der Waals surface area contributed by atoms with Crippen molar-refractivity contribution in [3.8, 4) is 0 Å². The standard InChI is InChI=1S/C23H25N3O5/c1-14-8-9-18(10-16(14)3)24-20(27)13-31-23(30)17-11-21(28)26(12-17)25-22(29)19-7-5-4-6-15(19)2/h4-10,17H,11-13H2,1-3H3,(H,24,27)(H,25,29)/t17-/m0/s1. The monoisotopic (exact) mass is 423 g/mol. The van der Waals surface area contributed by atoms with Gasteiger partial charge < -0.3 is 10.1 Å². The molecule has 2 aromatic carbocycles. The molecule has 8 heteroatoms. The van der Waals surface area contributed by atoms with Crippen molar-refractivity contribution >= 4 is 29.4 Å². The third kappa shape index (κ3) is 5.48. The van der Waals surface area contributed by atoms with E-state index >= 15 is 0 Å². The van der Waals surface area contributed by atoms with Crippen LogP contribution in [0.2, 0.25) is 0 Å². The molecule has 1 aliphatic heterocycles. The van der Waals surface area contributed by atoms with Crippen LogP contribution in [0.1, 0.15) is 33.5 Å². The Morgan fingerprint density at radius 2 is 1.77 bits per heavy atom. The van der Waals surface area contributed by atoms with Crippen molar-refractivity contribution in [3.63, 3.8) is 0 Å². The smallest absolute Gasteiger partial charge is 0.311 e. The average Bonchev–Trinajstić information content (AvgIpc) is 3.09. The van der Waals surface area contributed by atoms with Crippen LogP contribution in [0.5, 0.6) is 0 Å². The number of hydrazine groups is 1. The van der Waals surface area contributed by atoms with Crippen LogP contribution in [0.25, 0.3) is 0 Å². The molecule has 0 aliphatic carbocycles. The fraction of sp³-hybridized carbons (Fsp3) is 0.304. The predicted molar refractivity (Wildman–Crippen MR) is 114 cm³/mol. The quantitative estimate of drug-likeness (QED) is 0.694. The second-order valence-electron chi connectivity index (χ2n) is 7.62. The lowest BCUT2D eigenvalue weighted by molar-refractivity contribution is -0.151. The highest BCUT2D eigenvalue weighted by Gasteiger charge is 2.36. The number of anilines is 1. The molecule has 31 heavy (non-hydrogen) atoms. The van der Waals surface area contributed by atoms with Crippen LogP contribution in [-0.4, -0.2) is 41.9 Å². The first kappa shape index (κ1) is 22.0. The fourth-order valence-corrected chi connectivity index (χ4v) is 3.25. The van der Waals surface area contributed by atoms with Crippen LogP contribution in [0, 0.1) is 26.7 Å². The number of esters is 1. The molecule has 1 aliphatic rings. The third-order valence-electron chi connectivity index (χ3n) is 5.22. The van der Waals surface area contributed by atoms with E-state index in [4.69, 9.17) is 4.74 Å². The number of hydrogen-bond acceptors (Lipinski definition) is 5. The van der Waals surface area contributed by atoms with E-state index in [0.29, 0.717) is 11.3 Å². The molecule has 1 saturated heterocycles. The Kier molecular flexibility index (Phi) is 6.69. The second kappa shape index (κ2) is 9.42. The summed E-state index contributed by atoms with van der Waals surface area (Å²) in [5, 5.41) is 3.79. The Morgan fingerprint density at radius 3 is 2.48 bits per heavy atom. The molecule has 0 saturated carbocycles. The van der Waals surface area contributed by atoms with Gasteiger partial charge in [-0.25, -0.2) is 0 Å². The second-order valence-corrected chi connectivity index (χ2v) is 7.62. The van der Waals surface area contributed by atoms with Gasteiger partial charge in [-0.3, -0.25) is 29.6 Å². The zero-order valence-electron chi connectivity index (χ0n) is 17.7. The lowest BCUT2D eigenvalue weighted by Crippen LogP contribution is -2.43. The van der Waals surface area contributed by atoms with E-state index in [1.54, 1.807) is 31.2 Å². The molecule has 1 heterocycles. The summed E-state index contributed by atoms with van der Waals surface area (Å²) in [5.41, 5.74) is 6.52. The number of hydrogen-bond donors (Lipinski definition) is 2. The number of carbonyl (C=O) groups is 4. The molecule has 0 bridgehead atoms. The van der Waals surface area contributed by atoms with Gasteiger partial charge in [0.15, 0.2) is 6.61 Å². The largest absolute Gasteiger partial charge is 0.455 e. The van der Waals surface area contributed by atoms with Gasteiger partial charge in [0.25, 0.3) is 11.8 Å². The van der Waals surface area contributed by atoms with Gasteiger partial charge in [0, 0.05) is 17.7 Å². The van der Waals surface area contributed by atoms with Gasteiger partial charge in [0.2, 0.25) is 5.91 Å². The van der Waals surface area contributed by atoms with Gasteiger partial charge in [-0.1, -0.05) is 24.3 Å². The van der Waals surface area contributed by atoms with Crippen LogP contribution in [0.4, 0.5) is 5.69 Å². The number of rotatable bonds is 6.